The van der Waals surface area contributed by atoms with E-state index < -0.39 is 0 Å². The molecule has 0 unspecified atom stereocenters. The summed E-state index contributed by atoms with van der Waals surface area (Å²) in [7, 11) is 0. The smallest absolute Gasteiger partial charge is 0.186 e. The van der Waals surface area contributed by atoms with E-state index >= 15 is 0 Å². The van der Waals surface area contributed by atoms with Gasteiger partial charge < -0.3 is 0 Å². The molecule has 1 rings (SSSR count). The highest BCUT2D eigenvalue weighted by molar-refractivity contribution is 9.10. The van der Waals surface area contributed by atoms with Crippen LogP contribution in [-0.2, 0) is 0 Å². The van der Waals surface area contributed by atoms with Crippen molar-refractivity contribution >= 4 is 21.7 Å². The number of pyridine rings is 1. The summed E-state index contributed by atoms with van der Waals surface area (Å²) in [6.45, 7) is 3.39. The zero-order valence-corrected chi connectivity index (χ0v) is 7.34. The first-order valence-electron chi connectivity index (χ1n) is 3.02. The molecule has 0 aliphatic heterocycles. The second-order valence-corrected chi connectivity index (χ2v) is 2.78. The lowest BCUT2D eigenvalue weighted by atomic mass is 10.2. The Morgan fingerprint density at radius 2 is 2.45 bits per heavy atom. The summed E-state index contributed by atoms with van der Waals surface area (Å²) >= 11 is 3.21. The van der Waals surface area contributed by atoms with Crippen LogP contribution >= 0.6 is 15.9 Å². The van der Waals surface area contributed by atoms with E-state index in [0.29, 0.717) is 10.0 Å². The highest BCUT2D eigenvalue weighted by atomic mass is 79.9. The molecule has 3 heteroatoms. The van der Waals surface area contributed by atoms with Gasteiger partial charge in [-0.1, -0.05) is 6.58 Å². The highest BCUT2D eigenvalue weighted by Crippen LogP contribution is 2.14. The number of ketones is 1. The van der Waals surface area contributed by atoms with Crippen LogP contribution in [0.15, 0.2) is 35.6 Å². The molecule has 0 saturated carbocycles. The first-order chi connectivity index (χ1) is 5.25. The van der Waals surface area contributed by atoms with Gasteiger partial charge in [-0.25, -0.2) is 0 Å². The van der Waals surface area contributed by atoms with E-state index in [4.69, 9.17) is 0 Å². The highest BCUT2D eigenvalue weighted by Gasteiger charge is 2.04. The van der Waals surface area contributed by atoms with Crippen LogP contribution < -0.4 is 0 Å². The van der Waals surface area contributed by atoms with E-state index in [-0.39, 0.29) is 5.78 Å². The van der Waals surface area contributed by atoms with E-state index in [0.717, 1.165) is 0 Å². The van der Waals surface area contributed by atoms with Gasteiger partial charge >= 0.3 is 0 Å². The summed E-state index contributed by atoms with van der Waals surface area (Å²) in [6.07, 6.45) is 4.43. The van der Waals surface area contributed by atoms with Crippen molar-refractivity contribution < 1.29 is 4.79 Å². The van der Waals surface area contributed by atoms with Crippen molar-refractivity contribution in [3.8, 4) is 0 Å². The molecule has 1 aromatic heterocycles. The quantitative estimate of drug-likeness (QED) is 0.555. The number of halogens is 1. The monoisotopic (exact) mass is 211 g/mol. The minimum absolute atomic E-state index is 0.0979. The molecular weight excluding hydrogens is 206 g/mol. The van der Waals surface area contributed by atoms with Gasteiger partial charge in [-0.3, -0.25) is 9.78 Å². The van der Waals surface area contributed by atoms with E-state index in [1.807, 2.05) is 0 Å². The fourth-order valence-corrected chi connectivity index (χ4v) is 1.13. The van der Waals surface area contributed by atoms with Crippen LogP contribution in [0.2, 0.25) is 0 Å². The van der Waals surface area contributed by atoms with Gasteiger partial charge in [-0.05, 0) is 28.1 Å². The average Bonchev–Trinajstić information content (AvgIpc) is 2.04. The molecule has 0 aliphatic carbocycles. The third-order valence-electron chi connectivity index (χ3n) is 1.22. The molecule has 56 valence electrons. The molecule has 0 atom stereocenters. The second kappa shape index (κ2) is 3.44. The van der Waals surface area contributed by atoms with Crippen LogP contribution in [-0.4, -0.2) is 10.8 Å². The molecule has 0 radical (unpaired) electrons. The largest absolute Gasteiger partial charge is 0.289 e. The van der Waals surface area contributed by atoms with Gasteiger partial charge in [0, 0.05) is 22.4 Å². The molecule has 0 aliphatic rings. The van der Waals surface area contributed by atoms with Crippen LogP contribution in [0, 0.1) is 0 Å². The maximum Gasteiger partial charge on any atom is 0.186 e. The Bertz CT molecular complexity index is 296. The second-order valence-electron chi connectivity index (χ2n) is 1.92. The fraction of sp³-hybridized carbons (Fsp3) is 0. The van der Waals surface area contributed by atoms with E-state index in [2.05, 4.69) is 27.5 Å². The standard InChI is InChI=1S/C8H6BrNO/c1-2-8(11)6-3-4-10-5-7(6)9/h2-5H,1H2. The Labute approximate surface area is 73.1 Å². The Hall–Kier alpha value is -0.960. The van der Waals surface area contributed by atoms with Crippen molar-refractivity contribution in [1.82, 2.24) is 4.98 Å². The fourth-order valence-electron chi connectivity index (χ4n) is 0.685. The van der Waals surface area contributed by atoms with Crippen molar-refractivity contribution in [3.63, 3.8) is 0 Å². The topological polar surface area (TPSA) is 30.0 Å². The summed E-state index contributed by atoms with van der Waals surface area (Å²) in [5, 5.41) is 0. The van der Waals surface area contributed by atoms with E-state index in [9.17, 15) is 4.79 Å². The van der Waals surface area contributed by atoms with Gasteiger partial charge in [0.2, 0.25) is 0 Å². The van der Waals surface area contributed by atoms with E-state index in [1.165, 1.54) is 6.08 Å². The number of nitrogens with zero attached hydrogens (tertiary/aromatic N) is 1. The van der Waals surface area contributed by atoms with Crippen LogP contribution in [0.5, 0.6) is 0 Å². The lowest BCUT2D eigenvalue weighted by Gasteiger charge is -1.96. The van der Waals surface area contributed by atoms with Crippen molar-refractivity contribution in [2.75, 3.05) is 0 Å². The average molecular weight is 212 g/mol. The number of hydrogen-bond donors (Lipinski definition) is 0. The molecule has 0 bridgehead atoms. The maximum atomic E-state index is 11.1. The van der Waals surface area contributed by atoms with Crippen LogP contribution in [0.4, 0.5) is 0 Å². The van der Waals surface area contributed by atoms with Gasteiger partial charge in [0.05, 0.1) is 0 Å². The number of carbonyl (C=O) groups is 1. The third-order valence-corrected chi connectivity index (χ3v) is 1.86. The molecule has 0 fully saturated rings. The van der Waals surface area contributed by atoms with Crippen molar-refractivity contribution in [3.05, 3.63) is 41.2 Å². The molecule has 11 heavy (non-hydrogen) atoms. The molecular formula is C8H6BrNO. The maximum absolute atomic E-state index is 11.1. The van der Waals surface area contributed by atoms with Gasteiger partial charge in [-0.15, -0.1) is 0 Å². The predicted molar refractivity (Wildman–Crippen MR) is 46.5 cm³/mol. The van der Waals surface area contributed by atoms with Crippen LogP contribution in [0.25, 0.3) is 0 Å². The minimum Gasteiger partial charge on any atom is -0.289 e. The van der Waals surface area contributed by atoms with Gasteiger partial charge in [0.1, 0.15) is 0 Å². The summed E-state index contributed by atoms with van der Waals surface area (Å²) in [5.74, 6) is -0.0979. The number of hydrogen-bond acceptors (Lipinski definition) is 2. The summed E-state index contributed by atoms with van der Waals surface area (Å²) in [5.41, 5.74) is 0.593. The molecule has 1 heterocycles. The molecule has 0 amide bonds. The van der Waals surface area contributed by atoms with Crippen LogP contribution in [0.3, 0.4) is 0 Å². The van der Waals surface area contributed by atoms with Gasteiger partial charge in [-0.2, -0.15) is 0 Å². The predicted octanol–water partition coefficient (Wildman–Crippen LogP) is 2.21. The van der Waals surface area contributed by atoms with Gasteiger partial charge in [0.25, 0.3) is 0 Å². The van der Waals surface area contributed by atoms with E-state index in [1.54, 1.807) is 18.5 Å². The van der Waals surface area contributed by atoms with Crippen molar-refractivity contribution in [2.45, 2.75) is 0 Å². The van der Waals surface area contributed by atoms with Crippen molar-refractivity contribution in [1.29, 1.82) is 0 Å². The number of carbonyl (C=O) groups excluding carboxylic acids is 1. The summed E-state index contributed by atoms with van der Waals surface area (Å²) in [4.78, 5) is 14.9. The summed E-state index contributed by atoms with van der Waals surface area (Å²) < 4.78 is 0.699. The third kappa shape index (κ3) is 1.74. The number of aromatic nitrogens is 1. The Morgan fingerprint density at radius 3 is 3.00 bits per heavy atom. The first-order valence-corrected chi connectivity index (χ1v) is 3.81. The Kier molecular flexibility index (Phi) is 2.54. The van der Waals surface area contributed by atoms with Crippen LogP contribution in [0.1, 0.15) is 10.4 Å². The molecule has 2 nitrogen and oxygen atoms in total. The summed E-state index contributed by atoms with van der Waals surface area (Å²) in [6, 6.07) is 1.65. The van der Waals surface area contributed by atoms with Gasteiger partial charge in [0.15, 0.2) is 5.78 Å². The molecule has 1 aromatic rings. The lowest BCUT2D eigenvalue weighted by Crippen LogP contribution is -1.94. The first kappa shape index (κ1) is 8.14. The molecule has 0 spiro atoms. The molecule has 0 saturated heterocycles. The Balaban J connectivity index is 3.13. The Morgan fingerprint density at radius 1 is 1.73 bits per heavy atom. The zero-order valence-electron chi connectivity index (χ0n) is 5.75. The molecule has 0 aromatic carbocycles. The lowest BCUT2D eigenvalue weighted by molar-refractivity contribution is 0.104. The number of allylic oxidation sites excluding steroid dienone is 1. The number of rotatable bonds is 2. The minimum atomic E-state index is -0.0979. The molecule has 0 N–H and O–H groups in total. The van der Waals surface area contributed by atoms with Crippen molar-refractivity contribution in [2.24, 2.45) is 0 Å². The SMILES string of the molecule is C=CC(=O)c1ccncc1Br. The normalized spacial score (nSPS) is 9.18. The zero-order chi connectivity index (χ0) is 8.27.